The van der Waals surface area contributed by atoms with Crippen LogP contribution in [0, 0.1) is 18.3 Å². The summed E-state index contributed by atoms with van der Waals surface area (Å²) < 4.78 is 11.2. The summed E-state index contributed by atoms with van der Waals surface area (Å²) in [5, 5.41) is 9.48. The Kier molecular flexibility index (Phi) is 5.29. The van der Waals surface area contributed by atoms with Gasteiger partial charge in [-0.1, -0.05) is 30.3 Å². The number of nitrogens with zero attached hydrogens (tertiary/aromatic N) is 4. The number of carbonyl (C=O) groups is 2. The first-order chi connectivity index (χ1) is 16.0. The average Bonchev–Trinajstić information content (AvgIpc) is 3.37. The lowest BCUT2D eigenvalue weighted by Gasteiger charge is -2.38. The molecule has 8 heteroatoms. The average molecular weight is 447 g/mol. The van der Waals surface area contributed by atoms with Crippen LogP contribution in [0.4, 0.5) is 5.82 Å². The van der Waals surface area contributed by atoms with E-state index < -0.39 is 11.6 Å². The second kappa shape index (κ2) is 8.16. The van der Waals surface area contributed by atoms with Gasteiger partial charge < -0.3 is 19.3 Å². The van der Waals surface area contributed by atoms with Crippen molar-refractivity contribution in [2.24, 2.45) is 0 Å². The zero-order chi connectivity index (χ0) is 23.2. The molecule has 8 nitrogen and oxygen atoms in total. The number of methoxy groups -OCH3 is 1. The third-order valence-corrected chi connectivity index (χ3v) is 7.07. The molecule has 1 amide bonds. The van der Waals surface area contributed by atoms with Gasteiger partial charge in [0.05, 0.1) is 18.7 Å². The van der Waals surface area contributed by atoms with E-state index in [1.54, 1.807) is 6.07 Å². The number of carbonyl (C=O) groups excluding carboxylic acids is 2. The maximum absolute atomic E-state index is 13.6. The van der Waals surface area contributed by atoms with Crippen LogP contribution in [0.2, 0.25) is 0 Å². The number of aryl methyl sites for hydroxylation is 1. The van der Waals surface area contributed by atoms with Crippen molar-refractivity contribution in [2.45, 2.75) is 50.5 Å². The van der Waals surface area contributed by atoms with Crippen molar-refractivity contribution in [3.63, 3.8) is 0 Å². The van der Waals surface area contributed by atoms with Crippen LogP contribution in [0.3, 0.4) is 0 Å². The second-order valence-corrected chi connectivity index (χ2v) is 8.90. The minimum Gasteiger partial charge on any atom is -0.465 e. The van der Waals surface area contributed by atoms with E-state index in [1.165, 1.54) is 7.11 Å². The number of ether oxygens (including phenoxy) is 2. The fraction of sp³-hybridized carbons (Fsp3) is 0.440. The van der Waals surface area contributed by atoms with E-state index in [2.05, 4.69) is 22.0 Å². The number of amides is 1. The third kappa shape index (κ3) is 3.44. The number of aromatic nitrogens is 1. The van der Waals surface area contributed by atoms with Crippen molar-refractivity contribution < 1.29 is 19.1 Å². The first kappa shape index (κ1) is 21.4. The van der Waals surface area contributed by atoms with E-state index in [1.807, 2.05) is 36.1 Å². The minimum absolute atomic E-state index is 0.0438. The van der Waals surface area contributed by atoms with E-state index >= 15 is 0 Å². The highest BCUT2D eigenvalue weighted by molar-refractivity contribution is 5.92. The molecule has 1 aromatic heterocycles. The summed E-state index contributed by atoms with van der Waals surface area (Å²) in [6.45, 7) is 3.02. The number of hydrogen-bond acceptors (Lipinski definition) is 7. The Hall–Kier alpha value is -3.44. The predicted octanol–water partition coefficient (Wildman–Crippen LogP) is 3.11. The largest absolute Gasteiger partial charge is 0.465 e. The maximum Gasteiger partial charge on any atom is 0.340 e. The highest BCUT2D eigenvalue weighted by atomic mass is 16.6. The van der Waals surface area contributed by atoms with Gasteiger partial charge in [0.1, 0.15) is 18.1 Å². The molecule has 170 valence electrons. The molecule has 1 spiro atoms. The second-order valence-electron chi connectivity index (χ2n) is 8.90. The zero-order valence-electron chi connectivity index (χ0n) is 18.8. The molecule has 3 aliphatic heterocycles. The third-order valence-electron chi connectivity index (χ3n) is 7.07. The van der Waals surface area contributed by atoms with Gasteiger partial charge in [0.15, 0.2) is 11.3 Å². The van der Waals surface area contributed by atoms with Gasteiger partial charge in [-0.05, 0) is 37.0 Å². The summed E-state index contributed by atoms with van der Waals surface area (Å²) in [4.78, 5) is 34.0. The van der Waals surface area contributed by atoms with E-state index in [0.29, 0.717) is 31.7 Å². The number of nitriles is 1. The fourth-order valence-corrected chi connectivity index (χ4v) is 5.40. The molecular formula is C25H26N4O4. The van der Waals surface area contributed by atoms with Crippen molar-refractivity contribution in [3.05, 3.63) is 58.8 Å². The molecule has 33 heavy (non-hydrogen) atoms. The number of rotatable bonds is 3. The van der Waals surface area contributed by atoms with Crippen LogP contribution >= 0.6 is 0 Å². The highest BCUT2D eigenvalue weighted by Gasteiger charge is 2.58. The van der Waals surface area contributed by atoms with E-state index in [0.717, 1.165) is 24.0 Å². The minimum atomic E-state index is -0.799. The van der Waals surface area contributed by atoms with Crippen molar-refractivity contribution in [2.75, 3.05) is 25.1 Å². The molecule has 3 saturated heterocycles. The summed E-state index contributed by atoms with van der Waals surface area (Å²) in [5.41, 5.74) is 1.35. The Morgan fingerprint density at radius 3 is 2.64 bits per heavy atom. The first-order valence-electron chi connectivity index (χ1n) is 11.3. The monoisotopic (exact) mass is 446 g/mol. The number of anilines is 1. The molecule has 0 N–H and O–H groups in total. The van der Waals surface area contributed by atoms with Gasteiger partial charge in [0.2, 0.25) is 0 Å². The normalized spacial score (nSPS) is 23.5. The summed E-state index contributed by atoms with van der Waals surface area (Å²) in [5.74, 6) is 0.161. The Bertz CT molecular complexity index is 1140. The molecule has 3 fully saturated rings. The first-order valence-corrected chi connectivity index (χ1v) is 11.3. The smallest absolute Gasteiger partial charge is 0.340 e. The molecule has 5 rings (SSSR count). The van der Waals surface area contributed by atoms with Crippen LogP contribution in [0.5, 0.6) is 0 Å². The number of fused-ring (bicyclic) bond motifs is 1. The molecule has 2 atom stereocenters. The molecule has 1 aromatic carbocycles. The molecule has 2 aromatic rings. The van der Waals surface area contributed by atoms with Gasteiger partial charge in [-0.25, -0.2) is 9.78 Å². The number of benzene rings is 1. The molecule has 3 aliphatic rings. The lowest BCUT2D eigenvalue weighted by molar-refractivity contribution is -0.140. The standard InChI is InChI=1S/C25H26N4O4/c1-16-14-18(23(30)32-2)19(15-26)27-22(16)28-12-10-25(11-13-28)24(31)29-20(8-9-21(29)33-25)17-6-4-3-5-7-17/h3-7,14,20-21H,8-13H2,1-2H3/t20-,21+/m0/s1. The van der Waals surface area contributed by atoms with Crippen LogP contribution < -0.4 is 4.90 Å². The maximum atomic E-state index is 13.6. The summed E-state index contributed by atoms with van der Waals surface area (Å²) in [6, 6.07) is 13.9. The van der Waals surface area contributed by atoms with Crippen LogP contribution in [0.1, 0.15) is 58.9 Å². The van der Waals surface area contributed by atoms with Crippen molar-refractivity contribution in [1.29, 1.82) is 5.26 Å². The van der Waals surface area contributed by atoms with Crippen molar-refractivity contribution in [1.82, 2.24) is 9.88 Å². The molecule has 0 radical (unpaired) electrons. The molecule has 0 unspecified atom stereocenters. The highest BCUT2D eigenvalue weighted by Crippen LogP contribution is 2.47. The quantitative estimate of drug-likeness (QED) is 0.669. The molecule has 4 heterocycles. The molecule has 0 aliphatic carbocycles. The lowest BCUT2D eigenvalue weighted by Crippen LogP contribution is -2.50. The number of pyridine rings is 1. The van der Waals surface area contributed by atoms with Crippen molar-refractivity contribution in [3.8, 4) is 6.07 Å². The van der Waals surface area contributed by atoms with Gasteiger partial charge in [0.25, 0.3) is 5.91 Å². The number of hydrogen-bond donors (Lipinski definition) is 0. The van der Waals surface area contributed by atoms with Gasteiger partial charge in [0, 0.05) is 25.9 Å². The predicted molar refractivity (Wildman–Crippen MR) is 119 cm³/mol. The lowest BCUT2D eigenvalue weighted by atomic mass is 9.89. The van der Waals surface area contributed by atoms with E-state index in [9.17, 15) is 14.9 Å². The van der Waals surface area contributed by atoms with Gasteiger partial charge >= 0.3 is 5.97 Å². The van der Waals surface area contributed by atoms with Crippen LogP contribution in [0.15, 0.2) is 36.4 Å². The Balaban J connectivity index is 1.34. The molecular weight excluding hydrogens is 420 g/mol. The Morgan fingerprint density at radius 2 is 1.97 bits per heavy atom. The van der Waals surface area contributed by atoms with Crippen LogP contribution in [-0.4, -0.2) is 53.8 Å². The van der Waals surface area contributed by atoms with Crippen LogP contribution in [0.25, 0.3) is 0 Å². The zero-order valence-corrected chi connectivity index (χ0v) is 18.8. The number of piperidine rings is 1. The van der Waals surface area contributed by atoms with Crippen molar-refractivity contribution >= 4 is 17.7 Å². The van der Waals surface area contributed by atoms with Gasteiger partial charge in [-0.3, -0.25) is 4.79 Å². The van der Waals surface area contributed by atoms with E-state index in [4.69, 9.17) is 9.47 Å². The van der Waals surface area contributed by atoms with Crippen LogP contribution in [-0.2, 0) is 14.3 Å². The fourth-order valence-electron chi connectivity index (χ4n) is 5.40. The van der Waals surface area contributed by atoms with Gasteiger partial charge in [-0.2, -0.15) is 5.26 Å². The summed E-state index contributed by atoms with van der Waals surface area (Å²) in [7, 11) is 1.28. The molecule has 0 saturated carbocycles. The summed E-state index contributed by atoms with van der Waals surface area (Å²) in [6.07, 6.45) is 2.70. The van der Waals surface area contributed by atoms with Gasteiger partial charge in [-0.15, -0.1) is 0 Å². The Labute approximate surface area is 192 Å². The summed E-state index contributed by atoms with van der Waals surface area (Å²) >= 11 is 0. The topological polar surface area (TPSA) is 95.8 Å². The SMILES string of the molecule is COC(=O)c1cc(C)c(N2CCC3(CC2)O[C@@H]2CC[C@@H](c4ccccc4)N2C3=O)nc1C#N. The Morgan fingerprint density at radius 1 is 1.24 bits per heavy atom. The molecule has 0 bridgehead atoms. The number of esters is 1. The van der Waals surface area contributed by atoms with E-state index in [-0.39, 0.29) is 29.4 Å².